The molecule has 0 aromatic rings. The van der Waals surface area contributed by atoms with E-state index in [2.05, 4.69) is 15.5 Å². The maximum atomic E-state index is 7.08. The van der Waals surface area contributed by atoms with Crippen LogP contribution in [0.3, 0.4) is 0 Å². The highest BCUT2D eigenvalue weighted by atomic mass is 15.3. The molecule has 0 amide bonds. The molecule has 2 N–H and O–H groups in total. The summed E-state index contributed by atoms with van der Waals surface area (Å²) in [6, 6.07) is 0. The van der Waals surface area contributed by atoms with Crippen molar-refractivity contribution in [1.82, 2.24) is 5.43 Å². The molecule has 0 heterocycles. The second-order valence-electron chi connectivity index (χ2n) is 1.65. The average Bonchev–Trinajstić information content (AvgIpc) is 1.99. The standard InChI is InChI=1S/C7H12N4/c1-3-5-6-10-11-7(8)9-4-2/h3-6H,1-2H3,(H2,8,11)/b5-3-,9-4?,10-6-. The fraction of sp³-hybridized carbons (Fsp3) is 0.286. The molecule has 0 saturated heterocycles. The lowest BCUT2D eigenvalue weighted by molar-refractivity contribution is 1.00. The molecule has 0 rings (SSSR count). The predicted octanol–water partition coefficient (Wildman–Crippen LogP) is 1.16. The second-order valence-corrected chi connectivity index (χ2v) is 1.65. The molecular formula is C7H12N4. The summed E-state index contributed by atoms with van der Waals surface area (Å²) >= 11 is 0. The number of nitrogens with one attached hydrogen (secondary N) is 2. The molecule has 0 aliphatic heterocycles. The van der Waals surface area contributed by atoms with Crippen molar-refractivity contribution in [1.29, 1.82) is 5.41 Å². The molecule has 0 bridgehead atoms. The largest absolute Gasteiger partial charge is 0.266 e. The van der Waals surface area contributed by atoms with Gasteiger partial charge in [0.15, 0.2) is 0 Å². The third kappa shape index (κ3) is 6.44. The van der Waals surface area contributed by atoms with Crippen LogP contribution >= 0.6 is 0 Å². The summed E-state index contributed by atoms with van der Waals surface area (Å²) in [5.74, 6) is 0.0354. The van der Waals surface area contributed by atoms with E-state index in [-0.39, 0.29) is 5.96 Å². The van der Waals surface area contributed by atoms with Crippen molar-refractivity contribution >= 4 is 18.4 Å². The summed E-state index contributed by atoms with van der Waals surface area (Å²) in [7, 11) is 0. The molecule has 60 valence electrons. The zero-order chi connectivity index (χ0) is 8.53. The first-order valence-electron chi connectivity index (χ1n) is 3.28. The van der Waals surface area contributed by atoms with Crippen molar-refractivity contribution in [2.24, 2.45) is 10.1 Å². The average molecular weight is 152 g/mol. The van der Waals surface area contributed by atoms with Crippen molar-refractivity contribution in [2.75, 3.05) is 0 Å². The highest BCUT2D eigenvalue weighted by Gasteiger charge is 1.81. The highest BCUT2D eigenvalue weighted by molar-refractivity contribution is 5.85. The summed E-state index contributed by atoms with van der Waals surface area (Å²) in [5, 5.41) is 10.8. The van der Waals surface area contributed by atoms with Gasteiger partial charge < -0.3 is 0 Å². The Bertz CT molecular complexity index is 191. The van der Waals surface area contributed by atoms with Crippen LogP contribution in [0.1, 0.15) is 13.8 Å². The monoisotopic (exact) mass is 152 g/mol. The van der Waals surface area contributed by atoms with Crippen LogP contribution < -0.4 is 5.43 Å². The summed E-state index contributed by atoms with van der Waals surface area (Å²) in [4.78, 5) is 3.63. The quantitative estimate of drug-likeness (QED) is 0.348. The van der Waals surface area contributed by atoms with Gasteiger partial charge in [0.2, 0.25) is 5.96 Å². The first-order valence-corrected chi connectivity index (χ1v) is 3.28. The summed E-state index contributed by atoms with van der Waals surface area (Å²) in [6.07, 6.45) is 6.69. The maximum absolute atomic E-state index is 7.08. The first-order chi connectivity index (χ1) is 5.31. The normalized spacial score (nSPS) is 11.8. The minimum Gasteiger partial charge on any atom is -0.266 e. The molecular weight excluding hydrogens is 140 g/mol. The number of rotatable bonds is 2. The molecule has 11 heavy (non-hydrogen) atoms. The Labute approximate surface area is 66.2 Å². The second kappa shape index (κ2) is 6.67. The molecule has 0 aromatic carbocycles. The van der Waals surface area contributed by atoms with E-state index in [1.54, 1.807) is 19.2 Å². The minimum absolute atomic E-state index is 0.0354. The van der Waals surface area contributed by atoms with E-state index in [9.17, 15) is 0 Å². The number of nitrogens with zero attached hydrogens (tertiary/aromatic N) is 2. The molecule has 4 heteroatoms. The molecule has 0 radical (unpaired) electrons. The van der Waals surface area contributed by atoms with Gasteiger partial charge in [0.25, 0.3) is 0 Å². The molecule has 0 aliphatic rings. The van der Waals surface area contributed by atoms with Crippen LogP contribution in [0.5, 0.6) is 0 Å². The van der Waals surface area contributed by atoms with Crippen LogP contribution in [0.4, 0.5) is 0 Å². The summed E-state index contributed by atoms with van der Waals surface area (Å²) in [5.41, 5.74) is 2.42. The van der Waals surface area contributed by atoms with Crippen molar-refractivity contribution < 1.29 is 0 Å². The maximum Gasteiger partial charge on any atom is 0.235 e. The Morgan fingerprint density at radius 3 is 2.73 bits per heavy atom. The van der Waals surface area contributed by atoms with E-state index in [0.29, 0.717) is 0 Å². The molecule has 0 aliphatic carbocycles. The van der Waals surface area contributed by atoms with E-state index in [4.69, 9.17) is 5.41 Å². The molecule has 0 atom stereocenters. The number of hydrogen-bond acceptors (Lipinski definition) is 2. The van der Waals surface area contributed by atoms with E-state index in [1.807, 2.05) is 13.0 Å². The third-order valence-corrected chi connectivity index (χ3v) is 0.782. The number of hydrazone groups is 1. The SMILES string of the molecule is CC=NC(=N)N/N=C\C=C/C. The van der Waals surface area contributed by atoms with Gasteiger partial charge in [-0.1, -0.05) is 6.08 Å². The topological polar surface area (TPSA) is 60.6 Å². The van der Waals surface area contributed by atoms with Crippen molar-refractivity contribution in [3.8, 4) is 0 Å². The van der Waals surface area contributed by atoms with Crippen LogP contribution in [0.15, 0.2) is 22.2 Å². The van der Waals surface area contributed by atoms with Crippen molar-refractivity contribution in [3.05, 3.63) is 12.2 Å². The Balaban J connectivity index is 3.61. The summed E-state index contributed by atoms with van der Waals surface area (Å²) < 4.78 is 0. The number of aliphatic imine (C=N–C) groups is 1. The fourth-order valence-electron chi connectivity index (χ4n) is 0.385. The van der Waals surface area contributed by atoms with Gasteiger partial charge in [0, 0.05) is 12.4 Å². The molecule has 0 fully saturated rings. The van der Waals surface area contributed by atoms with Crippen LogP contribution in [0, 0.1) is 5.41 Å². The molecule has 4 nitrogen and oxygen atoms in total. The Morgan fingerprint density at radius 2 is 2.18 bits per heavy atom. The zero-order valence-electron chi connectivity index (χ0n) is 6.70. The van der Waals surface area contributed by atoms with Gasteiger partial charge in [-0.25, -0.2) is 10.4 Å². The number of allylic oxidation sites excluding steroid dienone is 2. The lowest BCUT2D eigenvalue weighted by Gasteiger charge is -1.91. The number of guanidine groups is 1. The van der Waals surface area contributed by atoms with Gasteiger partial charge >= 0.3 is 0 Å². The van der Waals surface area contributed by atoms with Gasteiger partial charge in [-0.05, 0) is 19.9 Å². The zero-order valence-corrected chi connectivity index (χ0v) is 6.70. The van der Waals surface area contributed by atoms with Gasteiger partial charge in [0.1, 0.15) is 0 Å². The fourth-order valence-corrected chi connectivity index (χ4v) is 0.385. The Morgan fingerprint density at radius 1 is 1.45 bits per heavy atom. The highest BCUT2D eigenvalue weighted by Crippen LogP contribution is 1.69. The van der Waals surface area contributed by atoms with Crippen LogP contribution in [-0.2, 0) is 0 Å². The van der Waals surface area contributed by atoms with E-state index in [1.165, 1.54) is 6.21 Å². The van der Waals surface area contributed by atoms with Crippen molar-refractivity contribution in [2.45, 2.75) is 13.8 Å². The molecule has 0 saturated carbocycles. The van der Waals surface area contributed by atoms with Crippen LogP contribution in [0.2, 0.25) is 0 Å². The van der Waals surface area contributed by atoms with E-state index >= 15 is 0 Å². The first kappa shape index (κ1) is 9.55. The molecule has 0 aromatic heterocycles. The Hall–Kier alpha value is -1.45. The van der Waals surface area contributed by atoms with E-state index < -0.39 is 0 Å². The van der Waals surface area contributed by atoms with Crippen LogP contribution in [-0.4, -0.2) is 18.4 Å². The number of hydrogen-bond donors (Lipinski definition) is 2. The Kier molecular flexibility index (Phi) is 5.79. The van der Waals surface area contributed by atoms with Crippen LogP contribution in [0.25, 0.3) is 0 Å². The van der Waals surface area contributed by atoms with Crippen molar-refractivity contribution in [3.63, 3.8) is 0 Å². The predicted molar refractivity (Wildman–Crippen MR) is 48.3 cm³/mol. The van der Waals surface area contributed by atoms with E-state index in [0.717, 1.165) is 0 Å². The molecule has 0 unspecified atom stereocenters. The third-order valence-electron chi connectivity index (χ3n) is 0.782. The van der Waals surface area contributed by atoms with Gasteiger partial charge in [0.05, 0.1) is 0 Å². The molecule has 0 spiro atoms. The van der Waals surface area contributed by atoms with Gasteiger partial charge in [-0.2, -0.15) is 5.10 Å². The summed E-state index contributed by atoms with van der Waals surface area (Å²) in [6.45, 7) is 3.63. The minimum atomic E-state index is 0.0354. The van der Waals surface area contributed by atoms with Gasteiger partial charge in [-0.15, -0.1) is 0 Å². The lowest BCUT2D eigenvalue weighted by atomic mass is 10.6. The van der Waals surface area contributed by atoms with Gasteiger partial charge in [-0.3, -0.25) is 5.41 Å². The smallest absolute Gasteiger partial charge is 0.235 e. The lowest BCUT2D eigenvalue weighted by Crippen LogP contribution is -2.13.